The average molecular weight is 424 g/mol. The molecule has 3 rings (SSSR count). The summed E-state index contributed by atoms with van der Waals surface area (Å²) in [7, 11) is 0. The highest BCUT2D eigenvalue weighted by molar-refractivity contribution is 6.03. The SMILES string of the molecule is CCC[C@@H](NC(=O)N1C(=O)C(C)(C)[C@H]1Oc1ccc(C(=O)O)cc1)c1ccc(C)cc1. The van der Waals surface area contributed by atoms with Gasteiger partial charge in [0.2, 0.25) is 5.91 Å². The van der Waals surface area contributed by atoms with Crippen molar-refractivity contribution in [2.24, 2.45) is 5.41 Å². The molecule has 0 saturated carbocycles. The maximum atomic E-state index is 13.0. The van der Waals surface area contributed by atoms with Crippen molar-refractivity contribution in [2.75, 3.05) is 0 Å². The summed E-state index contributed by atoms with van der Waals surface area (Å²) in [4.78, 5) is 37.9. The number of rotatable bonds is 7. The molecule has 1 saturated heterocycles. The number of hydrogen-bond acceptors (Lipinski definition) is 4. The van der Waals surface area contributed by atoms with Gasteiger partial charge in [-0.15, -0.1) is 0 Å². The molecule has 1 heterocycles. The molecule has 2 aromatic carbocycles. The fraction of sp³-hybridized carbons (Fsp3) is 0.375. The summed E-state index contributed by atoms with van der Waals surface area (Å²) in [6, 6.07) is 13.1. The Morgan fingerprint density at radius 2 is 1.74 bits per heavy atom. The predicted molar refractivity (Wildman–Crippen MR) is 116 cm³/mol. The van der Waals surface area contributed by atoms with Gasteiger partial charge in [0.05, 0.1) is 11.6 Å². The highest BCUT2D eigenvalue weighted by Gasteiger charge is 2.59. The van der Waals surface area contributed by atoms with E-state index in [1.165, 1.54) is 24.3 Å². The number of carbonyl (C=O) groups excluding carboxylic acids is 2. The first-order valence-corrected chi connectivity index (χ1v) is 10.4. The molecule has 1 aliphatic rings. The van der Waals surface area contributed by atoms with Crippen molar-refractivity contribution in [2.45, 2.75) is 52.8 Å². The van der Waals surface area contributed by atoms with Gasteiger partial charge in [-0.2, -0.15) is 0 Å². The first kappa shape index (κ1) is 22.3. The maximum Gasteiger partial charge on any atom is 0.335 e. The fourth-order valence-corrected chi connectivity index (χ4v) is 3.61. The van der Waals surface area contributed by atoms with Gasteiger partial charge in [0.25, 0.3) is 0 Å². The number of hydrogen-bond donors (Lipinski definition) is 2. The topological polar surface area (TPSA) is 95.9 Å². The molecule has 7 heteroatoms. The minimum Gasteiger partial charge on any atom is -0.478 e. The Morgan fingerprint density at radius 3 is 2.29 bits per heavy atom. The van der Waals surface area contributed by atoms with E-state index < -0.39 is 23.6 Å². The molecule has 1 aliphatic heterocycles. The number of amides is 3. The normalized spacial score (nSPS) is 18.1. The quantitative estimate of drug-likeness (QED) is 0.637. The van der Waals surface area contributed by atoms with Crippen LogP contribution in [0.15, 0.2) is 48.5 Å². The molecule has 2 N–H and O–H groups in total. The van der Waals surface area contributed by atoms with Crippen molar-refractivity contribution >= 4 is 17.9 Å². The molecule has 0 aliphatic carbocycles. The van der Waals surface area contributed by atoms with Gasteiger partial charge < -0.3 is 15.2 Å². The molecule has 0 unspecified atom stereocenters. The van der Waals surface area contributed by atoms with E-state index in [9.17, 15) is 14.4 Å². The van der Waals surface area contributed by atoms with E-state index in [2.05, 4.69) is 5.32 Å². The van der Waals surface area contributed by atoms with Gasteiger partial charge in [0, 0.05) is 0 Å². The predicted octanol–water partition coefficient (Wildman–Crippen LogP) is 4.52. The Kier molecular flexibility index (Phi) is 6.34. The largest absolute Gasteiger partial charge is 0.478 e. The minimum atomic E-state index is -1.04. The van der Waals surface area contributed by atoms with Crippen LogP contribution < -0.4 is 10.1 Å². The second-order valence-electron chi connectivity index (χ2n) is 8.40. The van der Waals surface area contributed by atoms with Crippen LogP contribution in [0.25, 0.3) is 0 Å². The van der Waals surface area contributed by atoms with Gasteiger partial charge in [0.1, 0.15) is 11.2 Å². The number of carboxylic acid groups (broad SMARTS) is 1. The zero-order valence-corrected chi connectivity index (χ0v) is 18.2. The van der Waals surface area contributed by atoms with E-state index in [1.54, 1.807) is 13.8 Å². The number of nitrogens with zero attached hydrogens (tertiary/aromatic N) is 1. The molecular formula is C24H28N2O5. The van der Waals surface area contributed by atoms with Crippen LogP contribution in [-0.4, -0.2) is 34.1 Å². The van der Waals surface area contributed by atoms with Crippen molar-refractivity contribution in [1.29, 1.82) is 0 Å². The molecule has 1 fully saturated rings. The molecule has 164 valence electrons. The molecule has 31 heavy (non-hydrogen) atoms. The summed E-state index contributed by atoms with van der Waals surface area (Å²) in [6.07, 6.45) is 0.812. The third-order valence-corrected chi connectivity index (χ3v) is 5.54. The summed E-state index contributed by atoms with van der Waals surface area (Å²) < 4.78 is 5.92. The Bertz CT molecular complexity index is 966. The summed E-state index contributed by atoms with van der Waals surface area (Å²) >= 11 is 0. The standard InChI is InChI=1S/C24H28N2O5/c1-5-6-19(16-9-7-15(2)8-10-16)25-23(30)26-21(29)24(3,4)22(26)31-18-13-11-17(12-14-18)20(27)28/h7-14,19,22H,5-6H2,1-4H3,(H,25,30)(H,27,28)/t19-,22-/m1/s1. The average Bonchev–Trinajstić information content (AvgIpc) is 2.74. The lowest BCUT2D eigenvalue weighted by atomic mass is 9.80. The van der Waals surface area contributed by atoms with Crippen LogP contribution in [-0.2, 0) is 4.79 Å². The van der Waals surface area contributed by atoms with Gasteiger partial charge in [-0.3, -0.25) is 4.79 Å². The number of aromatic carboxylic acids is 1. The van der Waals surface area contributed by atoms with Crippen LogP contribution in [0, 0.1) is 12.3 Å². The second kappa shape index (κ2) is 8.79. The number of nitrogens with one attached hydrogen (secondary N) is 1. The molecular weight excluding hydrogens is 396 g/mol. The van der Waals surface area contributed by atoms with Gasteiger partial charge in [-0.25, -0.2) is 14.5 Å². The lowest BCUT2D eigenvalue weighted by Crippen LogP contribution is -2.72. The van der Waals surface area contributed by atoms with Crippen molar-refractivity contribution in [1.82, 2.24) is 10.2 Å². The summed E-state index contributed by atoms with van der Waals surface area (Å²) in [5.74, 6) is -0.974. The highest BCUT2D eigenvalue weighted by Crippen LogP contribution is 2.40. The number of carbonyl (C=O) groups is 3. The Balaban J connectivity index is 1.76. The van der Waals surface area contributed by atoms with Crippen LogP contribution in [0.1, 0.15) is 61.1 Å². The highest BCUT2D eigenvalue weighted by atomic mass is 16.5. The molecule has 7 nitrogen and oxygen atoms in total. The molecule has 2 aromatic rings. The number of urea groups is 1. The Hall–Kier alpha value is -3.35. The van der Waals surface area contributed by atoms with Crippen LogP contribution in [0.2, 0.25) is 0 Å². The number of likely N-dealkylation sites (tertiary alicyclic amines) is 1. The Labute approximate surface area is 182 Å². The molecule has 0 bridgehead atoms. The van der Waals surface area contributed by atoms with E-state index in [0.29, 0.717) is 5.75 Å². The van der Waals surface area contributed by atoms with Crippen LogP contribution in [0.4, 0.5) is 4.79 Å². The van der Waals surface area contributed by atoms with E-state index in [0.717, 1.165) is 28.9 Å². The molecule has 0 aromatic heterocycles. The van der Waals surface area contributed by atoms with Crippen molar-refractivity contribution in [3.63, 3.8) is 0 Å². The van der Waals surface area contributed by atoms with E-state index in [4.69, 9.17) is 9.84 Å². The summed E-state index contributed by atoms with van der Waals surface area (Å²) in [5, 5.41) is 12.0. The van der Waals surface area contributed by atoms with Gasteiger partial charge in [-0.1, -0.05) is 43.2 Å². The molecule has 0 spiro atoms. The van der Waals surface area contributed by atoms with E-state index >= 15 is 0 Å². The zero-order valence-electron chi connectivity index (χ0n) is 18.2. The number of aryl methyl sites for hydroxylation is 1. The van der Waals surface area contributed by atoms with Crippen molar-refractivity contribution < 1.29 is 24.2 Å². The van der Waals surface area contributed by atoms with Crippen LogP contribution >= 0.6 is 0 Å². The number of carboxylic acids is 1. The lowest BCUT2D eigenvalue weighted by molar-refractivity contribution is -0.182. The number of ether oxygens (including phenoxy) is 1. The lowest BCUT2D eigenvalue weighted by Gasteiger charge is -2.50. The van der Waals surface area contributed by atoms with Crippen molar-refractivity contribution in [3.8, 4) is 5.75 Å². The third-order valence-electron chi connectivity index (χ3n) is 5.54. The van der Waals surface area contributed by atoms with Gasteiger partial charge in [-0.05, 0) is 57.0 Å². The zero-order chi connectivity index (χ0) is 22.8. The fourth-order valence-electron chi connectivity index (χ4n) is 3.61. The van der Waals surface area contributed by atoms with Crippen molar-refractivity contribution in [3.05, 3.63) is 65.2 Å². The number of benzene rings is 2. The van der Waals surface area contributed by atoms with E-state index in [1.807, 2.05) is 38.1 Å². The third kappa shape index (κ3) is 4.55. The van der Waals surface area contributed by atoms with Gasteiger partial charge in [0.15, 0.2) is 6.23 Å². The Morgan fingerprint density at radius 1 is 1.13 bits per heavy atom. The van der Waals surface area contributed by atoms with Crippen LogP contribution in [0.5, 0.6) is 5.75 Å². The molecule has 3 amide bonds. The van der Waals surface area contributed by atoms with E-state index in [-0.39, 0.29) is 17.5 Å². The second-order valence-corrected chi connectivity index (χ2v) is 8.40. The maximum absolute atomic E-state index is 13.0. The first-order valence-electron chi connectivity index (χ1n) is 10.4. The molecule has 0 radical (unpaired) electrons. The smallest absolute Gasteiger partial charge is 0.335 e. The summed E-state index contributed by atoms with van der Waals surface area (Å²) in [5.41, 5.74) is 1.36. The molecule has 2 atom stereocenters. The van der Waals surface area contributed by atoms with Crippen LogP contribution in [0.3, 0.4) is 0 Å². The monoisotopic (exact) mass is 424 g/mol. The number of β-lactam (4-membered cyclic amide) rings is 1. The summed E-state index contributed by atoms with van der Waals surface area (Å²) in [6.45, 7) is 7.48. The van der Waals surface area contributed by atoms with Gasteiger partial charge >= 0.3 is 12.0 Å². The minimum absolute atomic E-state index is 0.131. The first-order chi connectivity index (χ1) is 14.6. The number of imide groups is 1.